The van der Waals surface area contributed by atoms with Crippen molar-refractivity contribution in [2.45, 2.75) is 5.22 Å². The van der Waals surface area contributed by atoms with Crippen LogP contribution < -0.4 is 5.32 Å². The molecular weight excluding hydrogens is 338 g/mol. The molecule has 0 saturated carbocycles. The van der Waals surface area contributed by atoms with E-state index in [-0.39, 0.29) is 17.6 Å². The number of hydrogen-bond acceptors (Lipinski definition) is 7. The Morgan fingerprint density at radius 2 is 2.04 bits per heavy atom. The second kappa shape index (κ2) is 7.21. The average molecular weight is 348 g/mol. The standard InChI is InChI=1S/C14H10ClN5O2S/c15-10-4-1-3-9(7-10)12-19-20-14(22-12)23-8-11(21)18-13-16-5-2-6-17-13/h1-7H,8H2,(H,16,17,18,21). The Morgan fingerprint density at radius 1 is 1.22 bits per heavy atom. The van der Waals surface area contributed by atoms with Crippen LogP contribution in [0.1, 0.15) is 0 Å². The lowest BCUT2D eigenvalue weighted by Gasteiger charge is -2.00. The van der Waals surface area contributed by atoms with E-state index in [1.165, 1.54) is 0 Å². The number of nitrogens with one attached hydrogen (secondary N) is 1. The zero-order valence-corrected chi connectivity index (χ0v) is 13.2. The molecule has 2 aromatic heterocycles. The quantitative estimate of drug-likeness (QED) is 0.709. The molecule has 1 aromatic carbocycles. The third-order valence-corrected chi connectivity index (χ3v) is 3.68. The Labute approximate surface area is 140 Å². The second-order valence-electron chi connectivity index (χ2n) is 4.29. The molecule has 2 heterocycles. The molecule has 0 unspecified atom stereocenters. The number of carbonyl (C=O) groups excluding carboxylic acids is 1. The number of rotatable bonds is 5. The Bertz CT molecular complexity index is 812. The lowest BCUT2D eigenvalue weighted by Crippen LogP contribution is -2.15. The average Bonchev–Trinajstić information content (AvgIpc) is 3.03. The van der Waals surface area contributed by atoms with E-state index < -0.39 is 0 Å². The fraction of sp³-hybridized carbons (Fsp3) is 0.0714. The van der Waals surface area contributed by atoms with Gasteiger partial charge in [0.1, 0.15) is 0 Å². The summed E-state index contributed by atoms with van der Waals surface area (Å²) in [7, 11) is 0. The summed E-state index contributed by atoms with van der Waals surface area (Å²) in [6, 6.07) is 8.76. The zero-order valence-electron chi connectivity index (χ0n) is 11.6. The third kappa shape index (κ3) is 4.27. The van der Waals surface area contributed by atoms with Crippen molar-refractivity contribution >= 4 is 35.2 Å². The fourth-order valence-electron chi connectivity index (χ4n) is 1.66. The molecule has 7 nitrogen and oxygen atoms in total. The molecule has 1 N–H and O–H groups in total. The molecule has 116 valence electrons. The highest BCUT2D eigenvalue weighted by atomic mass is 35.5. The maximum absolute atomic E-state index is 11.8. The molecule has 0 aliphatic heterocycles. The minimum Gasteiger partial charge on any atom is -0.411 e. The van der Waals surface area contributed by atoms with E-state index in [2.05, 4.69) is 25.5 Å². The van der Waals surface area contributed by atoms with Gasteiger partial charge in [-0.05, 0) is 24.3 Å². The van der Waals surface area contributed by atoms with Crippen LogP contribution in [-0.4, -0.2) is 31.8 Å². The van der Waals surface area contributed by atoms with Gasteiger partial charge in [-0.25, -0.2) is 9.97 Å². The molecule has 0 bridgehead atoms. The molecule has 3 rings (SSSR count). The van der Waals surface area contributed by atoms with E-state index in [0.29, 0.717) is 16.1 Å². The first-order valence-electron chi connectivity index (χ1n) is 6.50. The van der Waals surface area contributed by atoms with Crippen molar-refractivity contribution in [3.63, 3.8) is 0 Å². The summed E-state index contributed by atoms with van der Waals surface area (Å²) in [5, 5.41) is 11.3. The van der Waals surface area contributed by atoms with Crippen molar-refractivity contribution in [3.8, 4) is 11.5 Å². The number of carbonyl (C=O) groups is 1. The monoisotopic (exact) mass is 347 g/mol. The van der Waals surface area contributed by atoms with Crippen LogP contribution in [0.15, 0.2) is 52.4 Å². The van der Waals surface area contributed by atoms with Gasteiger partial charge in [0.15, 0.2) is 0 Å². The van der Waals surface area contributed by atoms with Gasteiger partial charge in [-0.2, -0.15) is 0 Å². The SMILES string of the molecule is O=C(CSc1nnc(-c2cccc(Cl)c2)o1)Nc1ncccn1. The van der Waals surface area contributed by atoms with Crippen LogP contribution in [-0.2, 0) is 4.79 Å². The van der Waals surface area contributed by atoms with Crippen molar-refractivity contribution in [2.75, 3.05) is 11.1 Å². The fourth-order valence-corrected chi connectivity index (χ4v) is 2.41. The Hall–Kier alpha value is -2.45. The van der Waals surface area contributed by atoms with Crippen LogP contribution in [0, 0.1) is 0 Å². The number of anilines is 1. The van der Waals surface area contributed by atoms with E-state index >= 15 is 0 Å². The number of benzene rings is 1. The largest absolute Gasteiger partial charge is 0.411 e. The molecule has 9 heteroatoms. The van der Waals surface area contributed by atoms with Crippen molar-refractivity contribution in [2.24, 2.45) is 0 Å². The Kier molecular flexibility index (Phi) is 4.84. The summed E-state index contributed by atoms with van der Waals surface area (Å²) in [5.41, 5.74) is 0.721. The molecule has 0 aliphatic carbocycles. The predicted molar refractivity (Wildman–Crippen MR) is 86.1 cm³/mol. The molecule has 3 aromatic rings. The van der Waals surface area contributed by atoms with Crippen molar-refractivity contribution in [1.82, 2.24) is 20.2 Å². The van der Waals surface area contributed by atoms with Crippen LogP contribution in [0.5, 0.6) is 0 Å². The van der Waals surface area contributed by atoms with E-state index in [1.54, 1.807) is 36.7 Å². The van der Waals surface area contributed by atoms with E-state index in [9.17, 15) is 4.79 Å². The number of nitrogens with zero attached hydrogens (tertiary/aromatic N) is 4. The minimum absolute atomic E-state index is 0.107. The molecule has 1 amide bonds. The van der Waals surface area contributed by atoms with Gasteiger partial charge >= 0.3 is 0 Å². The number of halogens is 1. The molecule has 0 saturated heterocycles. The first kappa shape index (κ1) is 15.4. The van der Waals surface area contributed by atoms with Crippen LogP contribution in [0.25, 0.3) is 11.5 Å². The minimum atomic E-state index is -0.260. The number of aromatic nitrogens is 4. The summed E-state index contributed by atoms with van der Waals surface area (Å²) < 4.78 is 5.50. The van der Waals surface area contributed by atoms with Gasteiger partial charge in [-0.15, -0.1) is 10.2 Å². The summed E-state index contributed by atoms with van der Waals surface area (Å²) >= 11 is 7.05. The molecule has 0 spiro atoms. The molecule has 0 aliphatic rings. The number of thioether (sulfide) groups is 1. The molecular formula is C14H10ClN5O2S. The lowest BCUT2D eigenvalue weighted by molar-refractivity contribution is -0.113. The highest BCUT2D eigenvalue weighted by molar-refractivity contribution is 7.99. The maximum Gasteiger partial charge on any atom is 0.277 e. The molecule has 23 heavy (non-hydrogen) atoms. The third-order valence-electron chi connectivity index (χ3n) is 2.62. The summed E-state index contributed by atoms with van der Waals surface area (Å²) in [6.45, 7) is 0. The summed E-state index contributed by atoms with van der Waals surface area (Å²) in [6.07, 6.45) is 3.09. The molecule has 0 fully saturated rings. The number of amides is 1. The molecule has 0 atom stereocenters. The Balaban J connectivity index is 1.58. The van der Waals surface area contributed by atoms with Crippen molar-refractivity contribution < 1.29 is 9.21 Å². The lowest BCUT2D eigenvalue weighted by atomic mass is 10.2. The van der Waals surface area contributed by atoms with Crippen LogP contribution in [0.4, 0.5) is 5.95 Å². The smallest absolute Gasteiger partial charge is 0.277 e. The van der Waals surface area contributed by atoms with Crippen LogP contribution in [0.2, 0.25) is 5.02 Å². The van der Waals surface area contributed by atoms with Crippen LogP contribution >= 0.6 is 23.4 Å². The van der Waals surface area contributed by atoms with Crippen molar-refractivity contribution in [1.29, 1.82) is 0 Å². The Morgan fingerprint density at radius 3 is 2.83 bits per heavy atom. The van der Waals surface area contributed by atoms with Gasteiger partial charge in [0.2, 0.25) is 17.7 Å². The maximum atomic E-state index is 11.8. The predicted octanol–water partition coefficient (Wildman–Crippen LogP) is 2.91. The van der Waals surface area contributed by atoms with Gasteiger partial charge in [-0.1, -0.05) is 29.4 Å². The van der Waals surface area contributed by atoms with Gasteiger partial charge in [0.25, 0.3) is 5.22 Å². The normalized spacial score (nSPS) is 10.5. The number of hydrogen-bond donors (Lipinski definition) is 1. The van der Waals surface area contributed by atoms with Gasteiger partial charge in [-0.3, -0.25) is 10.1 Å². The van der Waals surface area contributed by atoms with E-state index in [0.717, 1.165) is 17.3 Å². The summed E-state index contributed by atoms with van der Waals surface area (Å²) in [4.78, 5) is 19.6. The summed E-state index contributed by atoms with van der Waals surface area (Å²) in [5.74, 6) is 0.448. The molecule has 0 radical (unpaired) electrons. The highest BCUT2D eigenvalue weighted by Crippen LogP contribution is 2.25. The van der Waals surface area contributed by atoms with E-state index in [4.69, 9.17) is 16.0 Å². The van der Waals surface area contributed by atoms with Gasteiger partial charge < -0.3 is 4.42 Å². The first-order valence-corrected chi connectivity index (χ1v) is 7.86. The van der Waals surface area contributed by atoms with Crippen LogP contribution in [0.3, 0.4) is 0 Å². The topological polar surface area (TPSA) is 93.8 Å². The first-order chi connectivity index (χ1) is 11.2. The zero-order chi connectivity index (χ0) is 16.1. The highest BCUT2D eigenvalue weighted by Gasteiger charge is 2.12. The second-order valence-corrected chi connectivity index (χ2v) is 5.66. The van der Waals surface area contributed by atoms with Crippen molar-refractivity contribution in [3.05, 3.63) is 47.7 Å². The van der Waals surface area contributed by atoms with Gasteiger partial charge in [0, 0.05) is 23.0 Å². The van der Waals surface area contributed by atoms with E-state index in [1.807, 2.05) is 6.07 Å². The van der Waals surface area contributed by atoms with Gasteiger partial charge in [0.05, 0.1) is 5.75 Å².